The second-order valence-corrected chi connectivity index (χ2v) is 5.19. The number of nitrogens with two attached hydrogens (primary N) is 2. The lowest BCUT2D eigenvalue weighted by Crippen LogP contribution is -2.29. The molecule has 1 atom stereocenters. The van der Waals surface area contributed by atoms with Gasteiger partial charge in [0, 0.05) is 6.04 Å². The molecule has 0 aromatic carbocycles. The van der Waals surface area contributed by atoms with E-state index in [1.807, 2.05) is 0 Å². The highest BCUT2D eigenvalue weighted by Gasteiger charge is 2.09. The highest BCUT2D eigenvalue weighted by atomic mass is 16.4. The molecule has 0 radical (unpaired) electrons. The molecule has 0 aromatic rings. The van der Waals surface area contributed by atoms with Crippen LogP contribution >= 0.6 is 0 Å². The molecule has 4 heteroatoms. The molecule has 108 valence electrons. The fourth-order valence-corrected chi connectivity index (χ4v) is 2.05. The molecule has 0 amide bonds. The third kappa shape index (κ3) is 10.5. The van der Waals surface area contributed by atoms with Gasteiger partial charge in [-0.2, -0.15) is 0 Å². The first-order chi connectivity index (χ1) is 8.57. The Kier molecular flexibility index (Phi) is 11.1. The second-order valence-electron chi connectivity index (χ2n) is 5.19. The average Bonchev–Trinajstić information content (AvgIpc) is 2.36. The molecule has 0 bridgehead atoms. The van der Waals surface area contributed by atoms with Gasteiger partial charge in [0.25, 0.3) is 0 Å². The van der Waals surface area contributed by atoms with Crippen LogP contribution in [0.15, 0.2) is 0 Å². The standard InChI is InChI=1S/C8H17NO2.C6H13N/c1-2-3-4-5-6-7(9)8(10)11;7-6-4-2-1-3-5-6/h7H,2-6,9H2,1H3,(H,10,11);6H,1-5,7H2. The van der Waals surface area contributed by atoms with Crippen LogP contribution in [-0.4, -0.2) is 23.2 Å². The summed E-state index contributed by atoms with van der Waals surface area (Å²) in [6.45, 7) is 2.12. The minimum atomic E-state index is -0.888. The molecule has 18 heavy (non-hydrogen) atoms. The van der Waals surface area contributed by atoms with E-state index >= 15 is 0 Å². The fourth-order valence-electron chi connectivity index (χ4n) is 2.05. The van der Waals surface area contributed by atoms with E-state index in [0.717, 1.165) is 12.8 Å². The molecule has 1 unspecified atom stereocenters. The molecule has 0 spiro atoms. The van der Waals surface area contributed by atoms with Gasteiger partial charge in [-0.15, -0.1) is 0 Å². The zero-order valence-electron chi connectivity index (χ0n) is 11.7. The lowest BCUT2D eigenvalue weighted by Gasteiger charge is -2.15. The molecule has 0 aliphatic heterocycles. The minimum absolute atomic E-state index is 0.536. The van der Waals surface area contributed by atoms with E-state index < -0.39 is 12.0 Å². The number of rotatable bonds is 6. The monoisotopic (exact) mass is 258 g/mol. The predicted molar refractivity (Wildman–Crippen MR) is 75.4 cm³/mol. The van der Waals surface area contributed by atoms with Gasteiger partial charge in [0.1, 0.15) is 6.04 Å². The molecule has 1 saturated carbocycles. The summed E-state index contributed by atoms with van der Waals surface area (Å²) in [6, 6.07) is -0.124. The molecular formula is C14H30N2O2. The lowest BCUT2D eigenvalue weighted by atomic mass is 9.97. The summed E-state index contributed by atoms with van der Waals surface area (Å²) in [5.41, 5.74) is 10.9. The zero-order chi connectivity index (χ0) is 13.8. The number of hydrogen-bond donors (Lipinski definition) is 3. The molecule has 1 fully saturated rings. The summed E-state index contributed by atoms with van der Waals surface area (Å²) in [5, 5.41) is 8.41. The molecule has 4 nitrogen and oxygen atoms in total. The molecule has 0 aromatic heterocycles. The van der Waals surface area contributed by atoms with Crippen LogP contribution in [0.2, 0.25) is 0 Å². The van der Waals surface area contributed by atoms with E-state index in [9.17, 15) is 4.79 Å². The maximum Gasteiger partial charge on any atom is 0.320 e. The van der Waals surface area contributed by atoms with Crippen molar-refractivity contribution in [2.45, 2.75) is 83.2 Å². The number of carbonyl (C=O) groups is 1. The summed E-state index contributed by atoms with van der Waals surface area (Å²) < 4.78 is 0. The zero-order valence-corrected chi connectivity index (χ0v) is 11.7. The second kappa shape index (κ2) is 11.5. The van der Waals surface area contributed by atoms with Crippen molar-refractivity contribution >= 4 is 5.97 Å². The molecule has 1 aliphatic carbocycles. The van der Waals surface area contributed by atoms with Crippen molar-refractivity contribution in [3.63, 3.8) is 0 Å². The van der Waals surface area contributed by atoms with Crippen LogP contribution in [0.3, 0.4) is 0 Å². The van der Waals surface area contributed by atoms with Gasteiger partial charge in [0.2, 0.25) is 0 Å². The molecule has 5 N–H and O–H groups in total. The van der Waals surface area contributed by atoms with E-state index in [2.05, 4.69) is 6.92 Å². The molecule has 0 heterocycles. The van der Waals surface area contributed by atoms with Gasteiger partial charge in [-0.3, -0.25) is 4.79 Å². The summed E-state index contributed by atoms with van der Waals surface area (Å²) in [7, 11) is 0. The van der Waals surface area contributed by atoms with Gasteiger partial charge in [-0.1, -0.05) is 51.9 Å². The van der Waals surface area contributed by atoms with Crippen molar-refractivity contribution in [1.82, 2.24) is 0 Å². The number of carboxylic acid groups (broad SMARTS) is 1. The summed E-state index contributed by atoms with van der Waals surface area (Å²) in [5.74, 6) is -0.888. The van der Waals surface area contributed by atoms with Crippen LogP contribution in [0.25, 0.3) is 0 Å². The van der Waals surface area contributed by atoms with Gasteiger partial charge < -0.3 is 16.6 Å². The Morgan fingerprint density at radius 1 is 1.22 bits per heavy atom. The van der Waals surface area contributed by atoms with E-state index in [1.54, 1.807) is 0 Å². The van der Waals surface area contributed by atoms with Crippen molar-refractivity contribution in [2.75, 3.05) is 0 Å². The number of hydrogen-bond acceptors (Lipinski definition) is 3. The lowest BCUT2D eigenvalue weighted by molar-refractivity contribution is -0.138. The van der Waals surface area contributed by atoms with E-state index in [4.69, 9.17) is 16.6 Å². The van der Waals surface area contributed by atoms with Crippen molar-refractivity contribution in [2.24, 2.45) is 11.5 Å². The SMILES string of the molecule is CCCCCCC(N)C(=O)O.NC1CCCCC1. The van der Waals surface area contributed by atoms with E-state index in [0.29, 0.717) is 12.5 Å². The Balaban J connectivity index is 0.000000351. The summed E-state index contributed by atoms with van der Waals surface area (Å²) in [4.78, 5) is 10.2. The molecular weight excluding hydrogens is 228 g/mol. The Labute approximate surface area is 111 Å². The van der Waals surface area contributed by atoms with Crippen LogP contribution < -0.4 is 11.5 Å². The molecule has 1 rings (SSSR count). The number of carboxylic acids is 1. The van der Waals surface area contributed by atoms with Crippen LogP contribution in [0, 0.1) is 0 Å². The van der Waals surface area contributed by atoms with Crippen molar-refractivity contribution in [3.05, 3.63) is 0 Å². The molecule has 0 saturated heterocycles. The van der Waals surface area contributed by atoms with Crippen LogP contribution in [-0.2, 0) is 4.79 Å². The van der Waals surface area contributed by atoms with Crippen LogP contribution in [0.4, 0.5) is 0 Å². The fraction of sp³-hybridized carbons (Fsp3) is 0.929. The largest absolute Gasteiger partial charge is 0.480 e. The average molecular weight is 258 g/mol. The van der Waals surface area contributed by atoms with E-state index in [-0.39, 0.29) is 0 Å². The highest BCUT2D eigenvalue weighted by Crippen LogP contribution is 2.14. The quantitative estimate of drug-likeness (QED) is 0.639. The topological polar surface area (TPSA) is 89.3 Å². The normalized spacial score (nSPS) is 17.7. The van der Waals surface area contributed by atoms with Gasteiger partial charge in [-0.25, -0.2) is 0 Å². The highest BCUT2D eigenvalue weighted by molar-refractivity contribution is 5.72. The third-order valence-corrected chi connectivity index (χ3v) is 3.34. The third-order valence-electron chi connectivity index (χ3n) is 3.34. The van der Waals surface area contributed by atoms with Crippen molar-refractivity contribution in [1.29, 1.82) is 0 Å². The first-order valence-electron chi connectivity index (χ1n) is 7.31. The van der Waals surface area contributed by atoms with E-state index in [1.165, 1.54) is 44.9 Å². The maximum atomic E-state index is 10.2. The van der Waals surface area contributed by atoms with Crippen LogP contribution in [0.5, 0.6) is 0 Å². The van der Waals surface area contributed by atoms with Crippen molar-refractivity contribution in [3.8, 4) is 0 Å². The maximum absolute atomic E-state index is 10.2. The Morgan fingerprint density at radius 2 is 1.83 bits per heavy atom. The van der Waals surface area contributed by atoms with Gasteiger partial charge in [0.05, 0.1) is 0 Å². The summed E-state index contributed by atoms with van der Waals surface area (Å²) >= 11 is 0. The predicted octanol–water partition coefficient (Wildman–Crippen LogP) is 2.65. The first-order valence-corrected chi connectivity index (χ1v) is 7.31. The Hall–Kier alpha value is -0.610. The number of unbranched alkanes of at least 4 members (excludes halogenated alkanes) is 3. The van der Waals surface area contributed by atoms with Gasteiger partial charge in [0.15, 0.2) is 0 Å². The van der Waals surface area contributed by atoms with Crippen LogP contribution in [0.1, 0.15) is 71.1 Å². The number of aliphatic carboxylic acids is 1. The van der Waals surface area contributed by atoms with Gasteiger partial charge in [-0.05, 0) is 19.3 Å². The Morgan fingerprint density at radius 3 is 2.22 bits per heavy atom. The first kappa shape index (κ1) is 17.4. The summed E-state index contributed by atoms with van der Waals surface area (Å²) in [6.07, 6.45) is 11.6. The minimum Gasteiger partial charge on any atom is -0.480 e. The smallest absolute Gasteiger partial charge is 0.320 e. The van der Waals surface area contributed by atoms with Crippen molar-refractivity contribution < 1.29 is 9.90 Å². The Bertz CT molecular complexity index is 204. The molecule has 1 aliphatic rings. The van der Waals surface area contributed by atoms with Gasteiger partial charge >= 0.3 is 5.97 Å².